The Hall–Kier alpha value is -2.95. The summed E-state index contributed by atoms with van der Waals surface area (Å²) in [4.78, 5) is 19.1. The van der Waals surface area contributed by atoms with Crippen LogP contribution < -0.4 is 10.9 Å². The van der Waals surface area contributed by atoms with Crippen LogP contribution in [0.2, 0.25) is 0 Å². The van der Waals surface area contributed by atoms with Crippen LogP contribution >= 0.6 is 0 Å². The van der Waals surface area contributed by atoms with Crippen LogP contribution in [0.25, 0.3) is 11.0 Å². The third-order valence-corrected chi connectivity index (χ3v) is 8.35. The Kier molecular flexibility index (Phi) is 5.15. The number of nitro groups is 1. The van der Waals surface area contributed by atoms with Crippen molar-refractivity contribution in [1.82, 2.24) is 20.8 Å². The predicted molar refractivity (Wildman–Crippen MR) is 118 cm³/mol. The number of aromatic nitrogens is 2. The third kappa shape index (κ3) is 3.54. The second-order valence-electron chi connectivity index (χ2n) is 8.51. The lowest BCUT2D eigenvalue weighted by Crippen LogP contribution is -2.46. The van der Waals surface area contributed by atoms with Crippen molar-refractivity contribution < 1.29 is 13.3 Å². The first kappa shape index (κ1) is 20.9. The van der Waals surface area contributed by atoms with Crippen LogP contribution in [0.3, 0.4) is 0 Å². The Labute approximate surface area is 185 Å². The van der Waals surface area contributed by atoms with Gasteiger partial charge in [-0.1, -0.05) is 24.3 Å². The van der Waals surface area contributed by atoms with Gasteiger partial charge in [0.1, 0.15) is 0 Å². The van der Waals surface area contributed by atoms with E-state index in [1.807, 2.05) is 12.1 Å². The van der Waals surface area contributed by atoms with Gasteiger partial charge in [-0.05, 0) is 55.7 Å². The van der Waals surface area contributed by atoms with Crippen LogP contribution in [-0.4, -0.2) is 35.4 Å². The smallest absolute Gasteiger partial charge is 0.258 e. The summed E-state index contributed by atoms with van der Waals surface area (Å²) >= 11 is 0. The molecule has 0 radical (unpaired) electrons. The van der Waals surface area contributed by atoms with Crippen molar-refractivity contribution in [2.24, 2.45) is 0 Å². The fraction of sp³-hybridized carbons (Fsp3) is 0.364. The van der Waals surface area contributed by atoms with Crippen LogP contribution in [0.15, 0.2) is 58.6 Å². The first-order chi connectivity index (χ1) is 15.4. The lowest BCUT2D eigenvalue weighted by Gasteiger charge is -2.37. The maximum atomic E-state index is 13.2. The summed E-state index contributed by atoms with van der Waals surface area (Å²) in [5.41, 5.74) is 8.48. The highest BCUT2D eigenvalue weighted by atomic mass is 32.2. The van der Waals surface area contributed by atoms with Crippen molar-refractivity contribution >= 4 is 26.6 Å². The number of nitrogens with one attached hydrogen (secondary N) is 2. The lowest BCUT2D eigenvalue weighted by molar-refractivity contribution is -0.387. The Balaban J connectivity index is 1.54. The van der Waals surface area contributed by atoms with Crippen molar-refractivity contribution in [3.05, 3.63) is 64.3 Å². The number of nitrogens with zero attached hydrogens (tertiary/aromatic N) is 3. The first-order valence-corrected chi connectivity index (χ1v) is 12.1. The van der Waals surface area contributed by atoms with Crippen LogP contribution in [0, 0.1) is 10.1 Å². The second kappa shape index (κ2) is 7.88. The zero-order chi connectivity index (χ0) is 22.3. The van der Waals surface area contributed by atoms with E-state index < -0.39 is 20.4 Å². The van der Waals surface area contributed by atoms with E-state index in [1.165, 1.54) is 30.5 Å². The van der Waals surface area contributed by atoms with Gasteiger partial charge in [0.15, 0.2) is 9.92 Å². The fourth-order valence-electron chi connectivity index (χ4n) is 4.92. The molecule has 2 heterocycles. The number of hydrogen-bond donors (Lipinski definition) is 2. The van der Waals surface area contributed by atoms with Crippen LogP contribution in [0.5, 0.6) is 0 Å². The van der Waals surface area contributed by atoms with Crippen molar-refractivity contribution in [3.8, 4) is 0 Å². The van der Waals surface area contributed by atoms with Crippen LogP contribution in [0.4, 0.5) is 5.69 Å². The maximum absolute atomic E-state index is 13.2. The van der Waals surface area contributed by atoms with Gasteiger partial charge in [-0.15, -0.1) is 0 Å². The van der Waals surface area contributed by atoms with Gasteiger partial charge in [-0.25, -0.2) is 13.4 Å². The number of hydrazine groups is 1. The summed E-state index contributed by atoms with van der Waals surface area (Å²) in [5, 5.41) is 11.1. The molecule has 2 N–H and O–H groups in total. The number of para-hydroxylation sites is 2. The van der Waals surface area contributed by atoms with Crippen LogP contribution in [0.1, 0.15) is 43.6 Å². The molecule has 32 heavy (non-hydrogen) atoms. The molecule has 2 fully saturated rings. The minimum absolute atomic E-state index is 0.146. The molecule has 166 valence electrons. The van der Waals surface area contributed by atoms with Crippen molar-refractivity contribution in [2.75, 3.05) is 6.54 Å². The molecule has 1 aliphatic heterocycles. The SMILES string of the molecule is O=[N+]([O-])c1ccccc1S(=O)(=O)c1cnc2cccc(C3CCC4(CCNN4)CC3)c2n1. The fourth-order valence-corrected chi connectivity index (χ4v) is 6.22. The molecule has 1 spiro atoms. The number of nitro benzene ring substituents is 1. The normalized spacial score (nSPS) is 23.6. The molecule has 0 unspecified atom stereocenters. The van der Waals surface area contributed by atoms with E-state index in [4.69, 9.17) is 0 Å². The molecule has 2 aliphatic rings. The van der Waals surface area contributed by atoms with Gasteiger partial charge in [-0.2, -0.15) is 0 Å². The van der Waals surface area contributed by atoms with Gasteiger partial charge in [0, 0.05) is 18.2 Å². The third-order valence-electron chi connectivity index (χ3n) is 6.67. The Morgan fingerprint density at radius 2 is 1.84 bits per heavy atom. The van der Waals surface area contributed by atoms with E-state index in [0.717, 1.165) is 44.2 Å². The molecule has 2 aromatic carbocycles. The number of hydrogen-bond acceptors (Lipinski definition) is 8. The monoisotopic (exact) mass is 453 g/mol. The Morgan fingerprint density at radius 1 is 1.06 bits per heavy atom. The molecule has 1 saturated heterocycles. The van der Waals surface area contributed by atoms with E-state index in [2.05, 4.69) is 20.8 Å². The zero-order valence-corrected chi connectivity index (χ0v) is 18.1. The molecule has 1 aliphatic carbocycles. The van der Waals surface area contributed by atoms with E-state index in [-0.39, 0.29) is 21.4 Å². The van der Waals surface area contributed by atoms with Gasteiger partial charge in [0.2, 0.25) is 9.84 Å². The average Bonchev–Trinajstić information content (AvgIpc) is 3.26. The van der Waals surface area contributed by atoms with Gasteiger partial charge < -0.3 is 0 Å². The Bertz CT molecular complexity index is 1290. The summed E-state index contributed by atoms with van der Waals surface area (Å²) in [6.45, 7) is 0.969. The van der Waals surface area contributed by atoms with Crippen molar-refractivity contribution in [3.63, 3.8) is 0 Å². The lowest BCUT2D eigenvalue weighted by atomic mass is 9.73. The van der Waals surface area contributed by atoms with E-state index in [0.29, 0.717) is 11.0 Å². The van der Waals surface area contributed by atoms with Crippen LogP contribution in [-0.2, 0) is 9.84 Å². The second-order valence-corrected chi connectivity index (χ2v) is 10.4. The molecule has 1 saturated carbocycles. The summed E-state index contributed by atoms with van der Waals surface area (Å²) in [7, 11) is -4.21. The highest BCUT2D eigenvalue weighted by Gasteiger charge is 2.38. The number of fused-ring (bicyclic) bond motifs is 1. The molecule has 9 nitrogen and oxygen atoms in total. The summed E-state index contributed by atoms with van der Waals surface area (Å²) in [6, 6.07) is 11.0. The van der Waals surface area contributed by atoms with E-state index in [9.17, 15) is 18.5 Å². The largest absolute Gasteiger partial charge is 0.288 e. The highest BCUT2D eigenvalue weighted by Crippen LogP contribution is 2.42. The van der Waals surface area contributed by atoms with Gasteiger partial charge in [0.25, 0.3) is 5.69 Å². The Morgan fingerprint density at radius 3 is 2.56 bits per heavy atom. The zero-order valence-electron chi connectivity index (χ0n) is 17.3. The molecule has 0 bridgehead atoms. The topological polar surface area (TPSA) is 127 Å². The standard InChI is InChI=1S/C22H23N5O4S/c28-27(29)18-6-1-2-7-19(18)32(30,31)20-14-23-17-5-3-4-16(21(17)25-20)15-8-10-22(11-9-15)12-13-24-26-22/h1-7,14-15,24,26H,8-13H2. The van der Waals surface area contributed by atoms with E-state index >= 15 is 0 Å². The minimum Gasteiger partial charge on any atom is -0.258 e. The predicted octanol–water partition coefficient (Wildman–Crippen LogP) is 3.27. The minimum atomic E-state index is -4.21. The van der Waals surface area contributed by atoms with Gasteiger partial charge >= 0.3 is 0 Å². The molecule has 5 rings (SSSR count). The van der Waals surface area contributed by atoms with Crippen molar-refractivity contribution in [2.45, 2.75) is 53.5 Å². The van der Waals surface area contributed by atoms with Gasteiger partial charge in [-0.3, -0.25) is 25.9 Å². The summed E-state index contributed by atoms with van der Waals surface area (Å²) in [5.74, 6) is 0.255. The average molecular weight is 454 g/mol. The quantitative estimate of drug-likeness (QED) is 0.455. The number of rotatable bonds is 4. The molecule has 3 aromatic rings. The maximum Gasteiger partial charge on any atom is 0.288 e. The highest BCUT2D eigenvalue weighted by molar-refractivity contribution is 7.91. The molecule has 0 amide bonds. The number of sulfone groups is 1. The molecule has 10 heteroatoms. The molecular formula is C22H23N5O4S. The molecule has 0 atom stereocenters. The van der Waals surface area contributed by atoms with Gasteiger partial charge in [0.05, 0.1) is 22.2 Å². The summed E-state index contributed by atoms with van der Waals surface area (Å²) in [6.07, 6.45) is 6.29. The molecular weight excluding hydrogens is 430 g/mol. The van der Waals surface area contributed by atoms with Crippen molar-refractivity contribution in [1.29, 1.82) is 0 Å². The molecule has 1 aromatic heterocycles. The number of benzene rings is 2. The van der Waals surface area contributed by atoms with E-state index in [1.54, 1.807) is 6.07 Å². The first-order valence-electron chi connectivity index (χ1n) is 10.6. The summed E-state index contributed by atoms with van der Waals surface area (Å²) < 4.78 is 26.5.